The number of aryl methyl sites for hydroxylation is 1. The maximum Gasteiger partial charge on any atom is 0.326 e. The summed E-state index contributed by atoms with van der Waals surface area (Å²) in [4.78, 5) is 23.0. The van der Waals surface area contributed by atoms with E-state index in [1.807, 2.05) is 13.0 Å². The van der Waals surface area contributed by atoms with Crippen molar-refractivity contribution in [2.24, 2.45) is 5.92 Å². The lowest BCUT2D eigenvalue weighted by Gasteiger charge is -2.18. The second kappa shape index (κ2) is 6.00. The van der Waals surface area contributed by atoms with Crippen molar-refractivity contribution in [2.45, 2.75) is 26.8 Å². The number of nitrogens with one attached hydrogen (secondary N) is 1. The summed E-state index contributed by atoms with van der Waals surface area (Å²) in [6, 6.07) is 4.38. The molecule has 18 heavy (non-hydrogen) atoms. The molecule has 0 radical (unpaired) electrons. The highest BCUT2D eigenvalue weighted by Crippen LogP contribution is 2.16. The van der Waals surface area contributed by atoms with Crippen LogP contribution in [0.1, 0.15) is 29.8 Å². The van der Waals surface area contributed by atoms with Gasteiger partial charge in [-0.25, -0.2) is 4.79 Å². The van der Waals surface area contributed by atoms with E-state index in [9.17, 15) is 9.59 Å². The summed E-state index contributed by atoms with van der Waals surface area (Å²) in [5, 5.41) is 11.6. The third-order valence-corrected chi connectivity index (χ3v) is 3.15. The molecule has 2 N–H and O–H groups in total. The van der Waals surface area contributed by atoms with Crippen molar-refractivity contribution >= 4 is 27.8 Å². The first-order valence-corrected chi connectivity index (χ1v) is 6.42. The molecule has 0 aliphatic carbocycles. The third-order valence-electron chi connectivity index (χ3n) is 2.65. The average molecular weight is 314 g/mol. The Morgan fingerprint density at radius 3 is 2.39 bits per heavy atom. The molecular weight excluding hydrogens is 298 g/mol. The lowest BCUT2D eigenvalue weighted by Crippen LogP contribution is -2.44. The number of hydrogen-bond donors (Lipinski definition) is 2. The van der Waals surface area contributed by atoms with E-state index in [4.69, 9.17) is 5.11 Å². The first kappa shape index (κ1) is 14.7. The molecule has 0 saturated carbocycles. The summed E-state index contributed by atoms with van der Waals surface area (Å²) >= 11 is 3.32. The topological polar surface area (TPSA) is 66.4 Å². The molecule has 0 aromatic heterocycles. The molecule has 0 aliphatic heterocycles. The predicted octanol–water partition coefficient (Wildman–Crippen LogP) is 2.60. The smallest absolute Gasteiger partial charge is 0.326 e. The van der Waals surface area contributed by atoms with Crippen LogP contribution in [0, 0.1) is 12.8 Å². The van der Waals surface area contributed by atoms with E-state index < -0.39 is 12.0 Å². The summed E-state index contributed by atoms with van der Waals surface area (Å²) in [7, 11) is 0. The van der Waals surface area contributed by atoms with Gasteiger partial charge in [0.25, 0.3) is 5.91 Å². The fourth-order valence-corrected chi connectivity index (χ4v) is 2.09. The Bertz CT molecular complexity index is 471. The number of hydrogen-bond acceptors (Lipinski definition) is 2. The largest absolute Gasteiger partial charge is 0.480 e. The minimum atomic E-state index is -1.02. The van der Waals surface area contributed by atoms with Crippen LogP contribution in [0.4, 0.5) is 0 Å². The average Bonchev–Trinajstić information content (AvgIpc) is 2.24. The normalized spacial score (nSPS) is 12.3. The monoisotopic (exact) mass is 313 g/mol. The van der Waals surface area contributed by atoms with Crippen LogP contribution in [0.2, 0.25) is 0 Å². The number of carboxylic acids is 1. The molecule has 0 aliphatic rings. The van der Waals surface area contributed by atoms with Crippen LogP contribution < -0.4 is 5.32 Å². The molecule has 4 nitrogen and oxygen atoms in total. The Labute approximate surface area is 115 Å². The zero-order chi connectivity index (χ0) is 13.9. The number of amides is 1. The van der Waals surface area contributed by atoms with Crippen LogP contribution in [0.3, 0.4) is 0 Å². The Balaban J connectivity index is 2.91. The minimum absolute atomic E-state index is 0.165. The fraction of sp³-hybridized carbons (Fsp3) is 0.385. The summed E-state index contributed by atoms with van der Waals surface area (Å²) < 4.78 is 0.884. The van der Waals surface area contributed by atoms with Gasteiger partial charge in [-0.15, -0.1) is 0 Å². The quantitative estimate of drug-likeness (QED) is 0.898. The lowest BCUT2D eigenvalue weighted by atomic mass is 10.0. The van der Waals surface area contributed by atoms with Crippen LogP contribution >= 0.6 is 15.9 Å². The first-order valence-electron chi connectivity index (χ1n) is 5.62. The number of rotatable bonds is 4. The SMILES string of the molecule is Cc1cc(Br)ccc1C(=O)NC(C(=O)O)C(C)C. The van der Waals surface area contributed by atoms with Gasteiger partial charge in [0.15, 0.2) is 0 Å². The van der Waals surface area contributed by atoms with Crippen molar-refractivity contribution in [1.82, 2.24) is 5.32 Å². The zero-order valence-corrected chi connectivity index (χ0v) is 12.1. The van der Waals surface area contributed by atoms with Crippen LogP contribution in [-0.2, 0) is 4.79 Å². The minimum Gasteiger partial charge on any atom is -0.480 e. The lowest BCUT2D eigenvalue weighted by molar-refractivity contribution is -0.140. The number of halogens is 1. The van der Waals surface area contributed by atoms with E-state index in [0.29, 0.717) is 5.56 Å². The molecule has 0 bridgehead atoms. The molecule has 1 atom stereocenters. The molecule has 98 valence electrons. The van der Waals surface area contributed by atoms with Crippen molar-refractivity contribution < 1.29 is 14.7 Å². The first-order chi connectivity index (χ1) is 8.32. The van der Waals surface area contributed by atoms with Gasteiger partial charge in [0.05, 0.1) is 0 Å². The van der Waals surface area contributed by atoms with E-state index in [1.54, 1.807) is 26.0 Å². The van der Waals surface area contributed by atoms with Gasteiger partial charge in [0, 0.05) is 10.0 Å². The third kappa shape index (κ3) is 3.57. The molecule has 1 aromatic rings. The maximum atomic E-state index is 12.0. The van der Waals surface area contributed by atoms with E-state index in [2.05, 4.69) is 21.2 Å². The van der Waals surface area contributed by atoms with Crippen LogP contribution in [0.5, 0.6) is 0 Å². The number of carbonyl (C=O) groups is 2. The number of carboxylic acid groups (broad SMARTS) is 1. The Morgan fingerprint density at radius 2 is 1.94 bits per heavy atom. The molecule has 0 heterocycles. The second-order valence-corrected chi connectivity index (χ2v) is 5.41. The van der Waals surface area contributed by atoms with Gasteiger partial charge in [-0.05, 0) is 36.6 Å². The van der Waals surface area contributed by atoms with Gasteiger partial charge in [0.1, 0.15) is 6.04 Å². The second-order valence-electron chi connectivity index (χ2n) is 4.49. The maximum absolute atomic E-state index is 12.0. The van der Waals surface area contributed by atoms with Gasteiger partial charge in [-0.3, -0.25) is 4.79 Å². The van der Waals surface area contributed by atoms with Crippen molar-refractivity contribution in [2.75, 3.05) is 0 Å². The Morgan fingerprint density at radius 1 is 1.33 bits per heavy atom. The van der Waals surface area contributed by atoms with Crippen molar-refractivity contribution in [1.29, 1.82) is 0 Å². The summed E-state index contributed by atoms with van der Waals surface area (Å²) in [5.41, 5.74) is 1.29. The number of benzene rings is 1. The van der Waals surface area contributed by atoms with Crippen molar-refractivity contribution in [3.63, 3.8) is 0 Å². The molecular formula is C13H16BrNO3. The molecule has 5 heteroatoms. The van der Waals surface area contributed by atoms with Gasteiger partial charge in [-0.1, -0.05) is 29.8 Å². The Hall–Kier alpha value is -1.36. The van der Waals surface area contributed by atoms with Gasteiger partial charge in [0.2, 0.25) is 0 Å². The highest BCUT2D eigenvalue weighted by atomic mass is 79.9. The summed E-state index contributed by atoms with van der Waals surface area (Å²) in [6.07, 6.45) is 0. The van der Waals surface area contributed by atoms with E-state index in [-0.39, 0.29) is 11.8 Å². The molecule has 0 spiro atoms. The van der Waals surface area contributed by atoms with Gasteiger partial charge < -0.3 is 10.4 Å². The van der Waals surface area contributed by atoms with Crippen LogP contribution in [0.15, 0.2) is 22.7 Å². The summed E-state index contributed by atoms with van der Waals surface area (Å²) in [6.45, 7) is 5.33. The van der Waals surface area contributed by atoms with Crippen LogP contribution in [0.25, 0.3) is 0 Å². The van der Waals surface area contributed by atoms with E-state index in [0.717, 1.165) is 10.0 Å². The standard InChI is InChI=1S/C13H16BrNO3/c1-7(2)11(13(17)18)15-12(16)10-5-4-9(14)6-8(10)3/h4-7,11H,1-3H3,(H,15,16)(H,17,18). The highest BCUT2D eigenvalue weighted by Gasteiger charge is 2.24. The van der Waals surface area contributed by atoms with Gasteiger partial charge >= 0.3 is 5.97 Å². The van der Waals surface area contributed by atoms with Gasteiger partial charge in [-0.2, -0.15) is 0 Å². The Kier molecular flexibility index (Phi) is 4.90. The predicted molar refractivity (Wildman–Crippen MR) is 72.6 cm³/mol. The molecule has 1 rings (SSSR count). The summed E-state index contributed by atoms with van der Waals surface area (Å²) in [5.74, 6) is -1.54. The fourth-order valence-electron chi connectivity index (χ4n) is 1.61. The number of carbonyl (C=O) groups excluding carboxylic acids is 1. The van der Waals surface area contributed by atoms with Crippen molar-refractivity contribution in [3.05, 3.63) is 33.8 Å². The molecule has 1 unspecified atom stereocenters. The molecule has 1 aromatic carbocycles. The number of aliphatic carboxylic acids is 1. The molecule has 0 saturated heterocycles. The van der Waals surface area contributed by atoms with E-state index in [1.165, 1.54) is 0 Å². The van der Waals surface area contributed by atoms with Crippen LogP contribution in [-0.4, -0.2) is 23.0 Å². The van der Waals surface area contributed by atoms with E-state index >= 15 is 0 Å². The van der Waals surface area contributed by atoms with Crippen molar-refractivity contribution in [3.8, 4) is 0 Å². The molecule has 0 fully saturated rings. The molecule has 1 amide bonds. The highest BCUT2D eigenvalue weighted by molar-refractivity contribution is 9.10. The zero-order valence-electron chi connectivity index (χ0n) is 10.5.